The van der Waals surface area contributed by atoms with Crippen LogP contribution in [0.2, 0.25) is 0 Å². The largest absolute Gasteiger partial charge is 0.377 e. The van der Waals surface area contributed by atoms with Gasteiger partial charge in [0, 0.05) is 38.6 Å². The van der Waals surface area contributed by atoms with Gasteiger partial charge in [0.1, 0.15) is 5.88 Å². The van der Waals surface area contributed by atoms with Gasteiger partial charge in [-0.1, -0.05) is 6.92 Å². The number of nitrogens with zero attached hydrogens (tertiary/aromatic N) is 2. The fraction of sp³-hybridized carbons (Fsp3) is 0.529. The number of amides is 2. The molecule has 5 nitrogen and oxygen atoms in total. The highest BCUT2D eigenvalue weighted by atomic mass is 35.5. The standard InChI is InChI=1S/C17H24ClN3O2/c1-12-6-8-21(9-7-12)17(23)14-10-13(19-16(22)11-18)4-5-15(14)20(2)3/h4-5,10,12H,6-9,11H2,1-3H3,(H,19,22). The van der Waals surface area contributed by atoms with Crippen molar-refractivity contribution in [1.82, 2.24) is 4.90 Å². The van der Waals surface area contributed by atoms with Gasteiger partial charge in [-0.3, -0.25) is 9.59 Å². The predicted molar refractivity (Wildman–Crippen MR) is 94.4 cm³/mol. The lowest BCUT2D eigenvalue weighted by Gasteiger charge is -2.31. The highest BCUT2D eigenvalue weighted by Crippen LogP contribution is 2.26. The summed E-state index contributed by atoms with van der Waals surface area (Å²) in [4.78, 5) is 28.2. The van der Waals surface area contributed by atoms with Crippen LogP contribution in [0.25, 0.3) is 0 Å². The van der Waals surface area contributed by atoms with Gasteiger partial charge in [0.15, 0.2) is 0 Å². The molecule has 1 aliphatic heterocycles. The molecule has 2 amide bonds. The predicted octanol–water partition coefficient (Wildman–Crippen LogP) is 2.80. The first kappa shape index (κ1) is 17.6. The minimum Gasteiger partial charge on any atom is -0.377 e. The van der Waals surface area contributed by atoms with Gasteiger partial charge in [0.2, 0.25) is 5.91 Å². The summed E-state index contributed by atoms with van der Waals surface area (Å²) < 4.78 is 0. The van der Waals surface area contributed by atoms with Crippen LogP contribution in [0.1, 0.15) is 30.1 Å². The molecule has 23 heavy (non-hydrogen) atoms. The third-order valence-corrected chi connectivity index (χ3v) is 4.43. The molecule has 0 saturated carbocycles. The summed E-state index contributed by atoms with van der Waals surface area (Å²) in [5, 5.41) is 2.70. The van der Waals surface area contributed by atoms with Crippen molar-refractivity contribution in [2.45, 2.75) is 19.8 Å². The second-order valence-corrected chi connectivity index (χ2v) is 6.55. The van der Waals surface area contributed by atoms with Crippen LogP contribution in [0, 0.1) is 5.92 Å². The van der Waals surface area contributed by atoms with E-state index in [0.29, 0.717) is 17.2 Å². The van der Waals surface area contributed by atoms with Gasteiger partial charge in [0.05, 0.1) is 5.56 Å². The summed E-state index contributed by atoms with van der Waals surface area (Å²) in [5.41, 5.74) is 2.05. The third kappa shape index (κ3) is 4.38. The van der Waals surface area contributed by atoms with Gasteiger partial charge >= 0.3 is 0 Å². The van der Waals surface area contributed by atoms with Crippen LogP contribution in [0.15, 0.2) is 18.2 Å². The monoisotopic (exact) mass is 337 g/mol. The fourth-order valence-corrected chi connectivity index (χ4v) is 2.82. The molecule has 1 heterocycles. The zero-order chi connectivity index (χ0) is 17.0. The van der Waals surface area contributed by atoms with Crippen LogP contribution in [-0.4, -0.2) is 49.8 Å². The number of nitrogens with one attached hydrogen (secondary N) is 1. The van der Waals surface area contributed by atoms with Gasteiger partial charge in [-0.25, -0.2) is 0 Å². The molecule has 0 unspecified atom stereocenters. The number of rotatable bonds is 4. The van der Waals surface area contributed by atoms with Crippen molar-refractivity contribution < 1.29 is 9.59 Å². The third-order valence-electron chi connectivity index (χ3n) is 4.18. The molecule has 0 atom stereocenters. The molecule has 1 aliphatic rings. The number of anilines is 2. The zero-order valence-corrected chi connectivity index (χ0v) is 14.7. The Morgan fingerprint density at radius 2 is 1.96 bits per heavy atom. The molecular weight excluding hydrogens is 314 g/mol. The van der Waals surface area contributed by atoms with Gasteiger partial charge in [-0.15, -0.1) is 11.6 Å². The van der Waals surface area contributed by atoms with Crippen LogP contribution < -0.4 is 10.2 Å². The molecule has 0 radical (unpaired) electrons. The molecule has 0 aromatic heterocycles. The number of halogens is 1. The van der Waals surface area contributed by atoms with Gasteiger partial charge < -0.3 is 15.1 Å². The molecule has 1 N–H and O–H groups in total. The van der Waals surface area contributed by atoms with Crippen molar-refractivity contribution in [3.8, 4) is 0 Å². The van der Waals surface area contributed by atoms with E-state index in [4.69, 9.17) is 11.6 Å². The molecular formula is C17H24ClN3O2. The van der Waals surface area contributed by atoms with E-state index in [1.807, 2.05) is 30.0 Å². The molecule has 0 spiro atoms. The van der Waals surface area contributed by atoms with E-state index in [-0.39, 0.29) is 17.7 Å². The Hall–Kier alpha value is -1.75. The number of hydrogen-bond donors (Lipinski definition) is 1. The summed E-state index contributed by atoms with van der Waals surface area (Å²) in [5.74, 6) is 0.293. The van der Waals surface area contributed by atoms with E-state index in [2.05, 4.69) is 12.2 Å². The van der Waals surface area contributed by atoms with E-state index in [1.54, 1.807) is 12.1 Å². The molecule has 1 aromatic rings. The Kier molecular flexibility index (Phi) is 5.88. The van der Waals surface area contributed by atoms with Crippen LogP contribution in [0.4, 0.5) is 11.4 Å². The number of carbonyl (C=O) groups excluding carboxylic acids is 2. The Balaban J connectivity index is 2.27. The lowest BCUT2D eigenvalue weighted by Crippen LogP contribution is -2.38. The van der Waals surface area contributed by atoms with Gasteiger partial charge in [0.25, 0.3) is 5.91 Å². The average molecular weight is 338 g/mol. The first-order valence-corrected chi connectivity index (χ1v) is 8.42. The summed E-state index contributed by atoms with van der Waals surface area (Å²) in [6.45, 7) is 3.78. The van der Waals surface area contributed by atoms with Crippen LogP contribution in [0.5, 0.6) is 0 Å². The maximum absolute atomic E-state index is 12.9. The highest BCUT2D eigenvalue weighted by molar-refractivity contribution is 6.29. The second-order valence-electron chi connectivity index (χ2n) is 6.28. The first-order valence-electron chi connectivity index (χ1n) is 7.89. The smallest absolute Gasteiger partial charge is 0.256 e. The van der Waals surface area contributed by atoms with E-state index in [0.717, 1.165) is 31.6 Å². The maximum atomic E-state index is 12.9. The summed E-state index contributed by atoms with van der Waals surface area (Å²) in [6.07, 6.45) is 2.07. The maximum Gasteiger partial charge on any atom is 0.256 e. The zero-order valence-electron chi connectivity index (χ0n) is 13.9. The SMILES string of the molecule is CC1CCN(C(=O)c2cc(NC(=O)CCl)ccc2N(C)C)CC1. The van der Waals surface area contributed by atoms with E-state index < -0.39 is 0 Å². The van der Waals surface area contributed by atoms with Crippen LogP contribution in [0.3, 0.4) is 0 Å². The summed E-state index contributed by atoms with van der Waals surface area (Å²) in [7, 11) is 3.81. The second kappa shape index (κ2) is 7.68. The molecule has 1 saturated heterocycles. The molecule has 0 bridgehead atoms. The Morgan fingerprint density at radius 3 is 2.52 bits per heavy atom. The minimum atomic E-state index is -0.283. The van der Waals surface area contributed by atoms with Crippen molar-refractivity contribution in [3.63, 3.8) is 0 Å². The number of likely N-dealkylation sites (tertiary alicyclic amines) is 1. The Labute approximate surface area is 142 Å². The molecule has 1 fully saturated rings. The minimum absolute atomic E-state index is 0.0163. The molecule has 6 heteroatoms. The quantitative estimate of drug-likeness (QED) is 0.859. The van der Waals surface area contributed by atoms with E-state index in [1.165, 1.54) is 0 Å². The molecule has 126 valence electrons. The highest BCUT2D eigenvalue weighted by Gasteiger charge is 2.24. The Bertz CT molecular complexity index is 581. The van der Waals surface area contributed by atoms with E-state index >= 15 is 0 Å². The van der Waals surface area contributed by atoms with Crippen molar-refractivity contribution in [1.29, 1.82) is 0 Å². The normalized spacial score (nSPS) is 15.4. The van der Waals surface area contributed by atoms with Crippen molar-refractivity contribution >= 4 is 34.8 Å². The number of hydrogen-bond acceptors (Lipinski definition) is 3. The number of alkyl halides is 1. The first-order chi connectivity index (χ1) is 10.9. The Morgan fingerprint density at radius 1 is 1.30 bits per heavy atom. The molecule has 2 rings (SSSR count). The average Bonchev–Trinajstić information content (AvgIpc) is 2.54. The number of carbonyl (C=O) groups is 2. The van der Waals surface area contributed by atoms with Crippen LogP contribution in [-0.2, 0) is 4.79 Å². The number of benzene rings is 1. The van der Waals surface area contributed by atoms with Gasteiger partial charge in [-0.05, 0) is 37.0 Å². The molecule has 1 aromatic carbocycles. The molecule has 0 aliphatic carbocycles. The lowest BCUT2D eigenvalue weighted by atomic mass is 9.98. The van der Waals surface area contributed by atoms with Crippen LogP contribution >= 0.6 is 11.6 Å². The summed E-state index contributed by atoms with van der Waals surface area (Å²) in [6, 6.07) is 5.37. The van der Waals surface area contributed by atoms with Crippen molar-refractivity contribution in [2.24, 2.45) is 5.92 Å². The lowest BCUT2D eigenvalue weighted by molar-refractivity contribution is -0.113. The van der Waals surface area contributed by atoms with E-state index in [9.17, 15) is 9.59 Å². The van der Waals surface area contributed by atoms with Gasteiger partial charge in [-0.2, -0.15) is 0 Å². The summed E-state index contributed by atoms with van der Waals surface area (Å²) >= 11 is 5.53. The van der Waals surface area contributed by atoms with Crippen molar-refractivity contribution in [3.05, 3.63) is 23.8 Å². The van der Waals surface area contributed by atoms with Crippen molar-refractivity contribution in [2.75, 3.05) is 43.3 Å². The fourth-order valence-electron chi connectivity index (χ4n) is 2.75. The number of piperidine rings is 1. The topological polar surface area (TPSA) is 52.7 Å².